The van der Waals surface area contributed by atoms with E-state index in [0.29, 0.717) is 0 Å². The van der Waals surface area contributed by atoms with Crippen LogP contribution in [0.5, 0.6) is 0 Å². The molecule has 0 spiro atoms. The van der Waals surface area contributed by atoms with Gasteiger partial charge in [0.25, 0.3) is 0 Å². The molecule has 0 radical (unpaired) electrons. The van der Waals surface area contributed by atoms with E-state index in [-0.39, 0.29) is 25.9 Å². The Morgan fingerprint density at radius 2 is 2.06 bits per heavy atom. The SMILES string of the molecule is CCOC(=O)CCC(F)(F)CCC=COC. The zero-order valence-corrected chi connectivity index (χ0v) is 9.67. The van der Waals surface area contributed by atoms with Crippen LogP contribution in [0.25, 0.3) is 0 Å². The Hall–Kier alpha value is -1.13. The van der Waals surface area contributed by atoms with Gasteiger partial charge in [-0.3, -0.25) is 4.79 Å². The number of esters is 1. The second kappa shape index (κ2) is 8.07. The summed E-state index contributed by atoms with van der Waals surface area (Å²) >= 11 is 0. The van der Waals surface area contributed by atoms with Gasteiger partial charge in [-0.15, -0.1) is 0 Å². The number of hydrogen-bond donors (Lipinski definition) is 0. The van der Waals surface area contributed by atoms with Crippen molar-refractivity contribution in [2.24, 2.45) is 0 Å². The van der Waals surface area contributed by atoms with Gasteiger partial charge in [-0.05, 0) is 19.4 Å². The van der Waals surface area contributed by atoms with Crippen molar-refractivity contribution in [3.63, 3.8) is 0 Å². The zero-order chi connectivity index (χ0) is 12.4. The van der Waals surface area contributed by atoms with E-state index < -0.39 is 18.3 Å². The van der Waals surface area contributed by atoms with Crippen molar-refractivity contribution < 1.29 is 23.0 Å². The average molecular weight is 236 g/mol. The first kappa shape index (κ1) is 14.9. The fraction of sp³-hybridized carbons (Fsp3) is 0.727. The van der Waals surface area contributed by atoms with E-state index in [0.717, 1.165) is 0 Å². The van der Waals surface area contributed by atoms with Gasteiger partial charge in [0.1, 0.15) is 0 Å². The van der Waals surface area contributed by atoms with E-state index in [9.17, 15) is 13.6 Å². The number of allylic oxidation sites excluding steroid dienone is 1. The molecule has 94 valence electrons. The number of hydrogen-bond acceptors (Lipinski definition) is 3. The maximum Gasteiger partial charge on any atom is 0.305 e. The van der Waals surface area contributed by atoms with Gasteiger partial charge in [-0.2, -0.15) is 0 Å². The molecule has 0 aromatic rings. The Morgan fingerprint density at radius 3 is 2.62 bits per heavy atom. The molecule has 0 heterocycles. The Morgan fingerprint density at radius 1 is 1.38 bits per heavy atom. The molecule has 0 fully saturated rings. The summed E-state index contributed by atoms with van der Waals surface area (Å²) in [6, 6.07) is 0. The van der Waals surface area contributed by atoms with Crippen LogP contribution in [0.4, 0.5) is 8.78 Å². The molecule has 0 bridgehead atoms. The highest BCUT2D eigenvalue weighted by atomic mass is 19.3. The van der Waals surface area contributed by atoms with Gasteiger partial charge in [0.05, 0.1) is 26.4 Å². The molecule has 0 aromatic carbocycles. The van der Waals surface area contributed by atoms with Crippen molar-refractivity contribution in [1.29, 1.82) is 0 Å². The number of halogens is 2. The first-order valence-corrected chi connectivity index (χ1v) is 5.23. The van der Waals surface area contributed by atoms with Crippen LogP contribution in [-0.2, 0) is 14.3 Å². The van der Waals surface area contributed by atoms with Crippen LogP contribution in [0.1, 0.15) is 32.6 Å². The lowest BCUT2D eigenvalue weighted by Crippen LogP contribution is -2.18. The third-order valence-corrected chi connectivity index (χ3v) is 1.91. The highest BCUT2D eigenvalue weighted by molar-refractivity contribution is 5.69. The summed E-state index contributed by atoms with van der Waals surface area (Å²) in [6.45, 7) is 1.87. The van der Waals surface area contributed by atoms with Crippen molar-refractivity contribution in [2.45, 2.75) is 38.5 Å². The summed E-state index contributed by atoms with van der Waals surface area (Å²) in [5.41, 5.74) is 0. The predicted molar refractivity (Wildman–Crippen MR) is 56.2 cm³/mol. The summed E-state index contributed by atoms with van der Waals surface area (Å²) in [6.07, 6.45) is 2.12. The Kier molecular flexibility index (Phi) is 7.50. The first-order valence-electron chi connectivity index (χ1n) is 5.23. The van der Waals surface area contributed by atoms with Crippen LogP contribution in [0, 0.1) is 0 Å². The van der Waals surface area contributed by atoms with E-state index in [1.54, 1.807) is 6.92 Å². The molecule has 16 heavy (non-hydrogen) atoms. The lowest BCUT2D eigenvalue weighted by Gasteiger charge is -2.14. The van der Waals surface area contributed by atoms with Crippen molar-refractivity contribution in [3.8, 4) is 0 Å². The molecule has 0 rings (SSSR count). The fourth-order valence-electron chi connectivity index (χ4n) is 1.10. The Labute approximate surface area is 94.4 Å². The molecule has 0 saturated heterocycles. The summed E-state index contributed by atoms with van der Waals surface area (Å²) in [4.78, 5) is 10.9. The summed E-state index contributed by atoms with van der Waals surface area (Å²) in [5, 5.41) is 0. The molecule has 0 aromatic heterocycles. The van der Waals surface area contributed by atoms with Gasteiger partial charge in [0, 0.05) is 12.8 Å². The minimum Gasteiger partial charge on any atom is -0.505 e. The number of carbonyl (C=O) groups is 1. The van der Waals surface area contributed by atoms with Gasteiger partial charge in [-0.25, -0.2) is 8.78 Å². The number of carbonyl (C=O) groups excluding carboxylic acids is 1. The van der Waals surface area contributed by atoms with Gasteiger partial charge < -0.3 is 9.47 Å². The predicted octanol–water partition coefficient (Wildman–Crippen LogP) is 2.91. The number of alkyl halides is 2. The number of methoxy groups -OCH3 is 1. The molecule has 0 aliphatic carbocycles. The van der Waals surface area contributed by atoms with Crippen molar-refractivity contribution in [1.82, 2.24) is 0 Å². The molecule has 0 aliphatic rings. The van der Waals surface area contributed by atoms with E-state index >= 15 is 0 Å². The van der Waals surface area contributed by atoms with Crippen LogP contribution in [0.15, 0.2) is 12.3 Å². The quantitative estimate of drug-likeness (QED) is 0.480. The van der Waals surface area contributed by atoms with E-state index in [1.165, 1.54) is 19.4 Å². The lowest BCUT2D eigenvalue weighted by atomic mass is 10.1. The minimum atomic E-state index is -2.83. The Bertz CT molecular complexity index is 227. The van der Waals surface area contributed by atoms with Gasteiger partial charge >= 0.3 is 5.97 Å². The molecular weight excluding hydrogens is 218 g/mol. The molecule has 0 amide bonds. The average Bonchev–Trinajstić information content (AvgIpc) is 2.22. The fourth-order valence-corrected chi connectivity index (χ4v) is 1.10. The van der Waals surface area contributed by atoms with E-state index in [4.69, 9.17) is 0 Å². The monoisotopic (exact) mass is 236 g/mol. The van der Waals surface area contributed by atoms with Crippen LogP contribution in [0.3, 0.4) is 0 Å². The summed E-state index contributed by atoms with van der Waals surface area (Å²) < 4.78 is 35.5. The van der Waals surface area contributed by atoms with Crippen LogP contribution >= 0.6 is 0 Å². The standard InChI is InChI=1S/C11H18F2O3/c1-3-16-10(14)6-8-11(12,13)7-4-5-9-15-2/h5,9H,3-4,6-8H2,1-2H3. The van der Waals surface area contributed by atoms with Gasteiger partial charge in [0.15, 0.2) is 0 Å². The first-order chi connectivity index (χ1) is 7.52. The third kappa shape index (κ3) is 8.20. The highest BCUT2D eigenvalue weighted by Gasteiger charge is 2.28. The third-order valence-electron chi connectivity index (χ3n) is 1.91. The molecule has 3 nitrogen and oxygen atoms in total. The summed E-state index contributed by atoms with van der Waals surface area (Å²) in [7, 11) is 1.45. The molecular formula is C11H18F2O3. The molecule has 0 atom stereocenters. The lowest BCUT2D eigenvalue weighted by molar-refractivity contribution is -0.145. The number of ether oxygens (including phenoxy) is 2. The largest absolute Gasteiger partial charge is 0.505 e. The second-order valence-corrected chi connectivity index (χ2v) is 3.31. The molecule has 0 unspecified atom stereocenters. The van der Waals surface area contributed by atoms with E-state index in [2.05, 4.69) is 9.47 Å². The smallest absolute Gasteiger partial charge is 0.305 e. The molecule has 0 N–H and O–H groups in total. The molecule has 0 aliphatic heterocycles. The van der Waals surface area contributed by atoms with Crippen molar-refractivity contribution >= 4 is 5.97 Å². The Balaban J connectivity index is 3.77. The van der Waals surface area contributed by atoms with Crippen LogP contribution in [0.2, 0.25) is 0 Å². The van der Waals surface area contributed by atoms with Crippen molar-refractivity contribution in [3.05, 3.63) is 12.3 Å². The highest BCUT2D eigenvalue weighted by Crippen LogP contribution is 2.26. The van der Waals surface area contributed by atoms with Gasteiger partial charge in [-0.1, -0.05) is 0 Å². The van der Waals surface area contributed by atoms with Crippen molar-refractivity contribution in [2.75, 3.05) is 13.7 Å². The molecule has 5 heteroatoms. The van der Waals surface area contributed by atoms with Gasteiger partial charge in [0.2, 0.25) is 5.92 Å². The zero-order valence-electron chi connectivity index (χ0n) is 9.67. The van der Waals surface area contributed by atoms with Crippen LogP contribution < -0.4 is 0 Å². The minimum absolute atomic E-state index is 0.223. The van der Waals surface area contributed by atoms with Crippen LogP contribution in [-0.4, -0.2) is 25.6 Å². The van der Waals surface area contributed by atoms with E-state index in [1.807, 2.05) is 0 Å². The molecule has 0 saturated carbocycles. The topological polar surface area (TPSA) is 35.5 Å². The normalized spacial score (nSPS) is 11.8. The summed E-state index contributed by atoms with van der Waals surface area (Å²) in [5.74, 6) is -3.40. The maximum absolute atomic E-state index is 13.2. The second-order valence-electron chi connectivity index (χ2n) is 3.31. The number of rotatable bonds is 8. The maximum atomic E-state index is 13.2.